The van der Waals surface area contributed by atoms with Gasteiger partial charge in [0, 0.05) is 36.8 Å². The minimum absolute atomic E-state index is 0.239. The summed E-state index contributed by atoms with van der Waals surface area (Å²) in [7, 11) is 0. The molecule has 1 saturated carbocycles. The van der Waals surface area contributed by atoms with E-state index < -0.39 is 24.7 Å². The van der Waals surface area contributed by atoms with E-state index in [1.807, 2.05) is 13.0 Å². The van der Waals surface area contributed by atoms with Crippen molar-refractivity contribution < 1.29 is 22.8 Å². The molecule has 3 heterocycles. The van der Waals surface area contributed by atoms with Gasteiger partial charge >= 0.3 is 12.2 Å². The molecule has 0 unspecified atom stereocenters. The molecule has 28 heavy (non-hydrogen) atoms. The van der Waals surface area contributed by atoms with Gasteiger partial charge in [0.25, 0.3) is 5.91 Å². The molecule has 1 aromatic rings. The van der Waals surface area contributed by atoms with Gasteiger partial charge in [-0.05, 0) is 32.6 Å². The second kappa shape index (κ2) is 6.89. The number of anilines is 1. The van der Waals surface area contributed by atoms with Gasteiger partial charge in [-0.25, -0.2) is 14.8 Å². The Morgan fingerprint density at radius 2 is 1.79 bits per heavy atom. The van der Waals surface area contributed by atoms with Crippen LogP contribution < -0.4 is 4.90 Å². The molecule has 3 amide bonds. The molecule has 10 heteroatoms. The fourth-order valence-electron chi connectivity index (χ4n) is 3.85. The summed E-state index contributed by atoms with van der Waals surface area (Å²) in [6.07, 6.45) is -1.19. The second-order valence-electron chi connectivity index (χ2n) is 7.72. The summed E-state index contributed by atoms with van der Waals surface area (Å²) < 4.78 is 37.8. The number of rotatable bonds is 4. The monoisotopic (exact) mass is 397 g/mol. The Hall–Kier alpha value is -2.39. The smallest absolute Gasteiger partial charge is 0.356 e. The van der Waals surface area contributed by atoms with E-state index in [1.54, 1.807) is 0 Å². The lowest BCUT2D eigenvalue weighted by molar-refractivity contribution is -0.151. The van der Waals surface area contributed by atoms with Crippen molar-refractivity contribution in [1.29, 1.82) is 0 Å². The van der Waals surface area contributed by atoms with Crippen LogP contribution in [0.25, 0.3) is 0 Å². The van der Waals surface area contributed by atoms with Crippen LogP contribution in [-0.4, -0.2) is 70.1 Å². The first kappa shape index (κ1) is 18.9. The maximum atomic E-state index is 12.6. The van der Waals surface area contributed by atoms with Gasteiger partial charge in [-0.3, -0.25) is 9.69 Å². The zero-order chi connectivity index (χ0) is 20.1. The molecule has 3 fully saturated rings. The Kier molecular flexibility index (Phi) is 4.67. The third kappa shape index (κ3) is 3.90. The molecular weight excluding hydrogens is 375 g/mol. The van der Waals surface area contributed by atoms with Gasteiger partial charge in [-0.15, -0.1) is 0 Å². The van der Waals surface area contributed by atoms with E-state index in [0.29, 0.717) is 36.7 Å². The molecule has 7 nitrogen and oxygen atoms in total. The maximum absolute atomic E-state index is 12.6. The summed E-state index contributed by atoms with van der Waals surface area (Å²) in [5.41, 5.74) is 0.914. The highest BCUT2D eigenvalue weighted by Crippen LogP contribution is 2.39. The highest BCUT2D eigenvalue weighted by molar-refractivity contribution is 6.02. The third-order valence-electron chi connectivity index (χ3n) is 5.45. The normalized spacial score (nSPS) is 21.8. The average Bonchev–Trinajstić information content (AvgIpc) is 3.44. The summed E-state index contributed by atoms with van der Waals surface area (Å²) in [5, 5.41) is 0. The third-order valence-corrected chi connectivity index (χ3v) is 5.45. The lowest BCUT2D eigenvalue weighted by Gasteiger charge is -2.36. The van der Waals surface area contributed by atoms with Crippen LogP contribution in [0.2, 0.25) is 0 Å². The zero-order valence-corrected chi connectivity index (χ0v) is 15.6. The lowest BCUT2D eigenvalue weighted by atomic mass is 10.0. The number of hydrogen-bond acceptors (Lipinski definition) is 5. The molecule has 1 aliphatic carbocycles. The number of imide groups is 1. The van der Waals surface area contributed by atoms with Crippen LogP contribution in [0.1, 0.15) is 43.1 Å². The van der Waals surface area contributed by atoms with Crippen molar-refractivity contribution in [2.45, 2.75) is 50.7 Å². The lowest BCUT2D eigenvalue weighted by Crippen LogP contribution is -2.47. The van der Waals surface area contributed by atoms with E-state index in [-0.39, 0.29) is 12.6 Å². The number of piperidine rings is 1. The largest absolute Gasteiger partial charge is 0.406 e. The van der Waals surface area contributed by atoms with E-state index in [9.17, 15) is 22.8 Å². The van der Waals surface area contributed by atoms with Gasteiger partial charge in [-0.2, -0.15) is 13.2 Å². The van der Waals surface area contributed by atoms with E-state index in [1.165, 1.54) is 4.90 Å². The Morgan fingerprint density at radius 3 is 2.39 bits per heavy atom. The molecule has 0 atom stereocenters. The predicted octanol–water partition coefficient (Wildman–Crippen LogP) is 2.46. The molecule has 0 radical (unpaired) electrons. The number of amides is 3. The fraction of sp³-hybridized carbons (Fsp3) is 0.667. The topological polar surface area (TPSA) is 69.6 Å². The molecule has 0 N–H and O–H groups in total. The molecule has 152 valence electrons. The highest BCUT2D eigenvalue weighted by atomic mass is 19.4. The summed E-state index contributed by atoms with van der Waals surface area (Å²) in [5.74, 6) is 1.39. The highest BCUT2D eigenvalue weighted by Gasteiger charge is 2.45. The van der Waals surface area contributed by atoms with E-state index >= 15 is 0 Å². The molecular formula is C18H22F3N5O2. The van der Waals surface area contributed by atoms with Gasteiger partial charge < -0.3 is 9.80 Å². The minimum Gasteiger partial charge on any atom is -0.356 e. The van der Waals surface area contributed by atoms with Gasteiger partial charge in [0.2, 0.25) is 0 Å². The second-order valence-corrected chi connectivity index (χ2v) is 7.72. The first-order valence-corrected chi connectivity index (χ1v) is 9.49. The fourth-order valence-corrected chi connectivity index (χ4v) is 3.85. The molecule has 0 bridgehead atoms. The number of urea groups is 1. The SMILES string of the molecule is Cc1cc(N2CCC(N3CC(=O)N(CC(F)(F)F)C3=O)CC2)nc(C2CC2)n1. The van der Waals surface area contributed by atoms with E-state index in [2.05, 4.69) is 14.9 Å². The van der Waals surface area contributed by atoms with Gasteiger partial charge in [0.1, 0.15) is 24.7 Å². The number of halogens is 3. The molecule has 2 aliphatic heterocycles. The number of aromatic nitrogens is 2. The molecule has 1 aromatic heterocycles. The summed E-state index contributed by atoms with van der Waals surface area (Å²) in [6, 6.07) is 0.855. The Morgan fingerprint density at radius 1 is 1.11 bits per heavy atom. The Labute approximate surface area is 160 Å². The van der Waals surface area contributed by atoms with Crippen molar-refractivity contribution in [1.82, 2.24) is 19.8 Å². The standard InChI is InChI=1S/C18H22F3N5O2/c1-11-8-14(23-16(22-11)12-2-3-12)24-6-4-13(5-7-24)25-9-15(27)26(17(25)28)10-18(19,20)21/h8,12-13H,2-7,9-10H2,1H3. The zero-order valence-electron chi connectivity index (χ0n) is 15.6. The number of nitrogens with zero attached hydrogens (tertiary/aromatic N) is 5. The van der Waals surface area contributed by atoms with Crippen molar-refractivity contribution in [2.75, 3.05) is 31.1 Å². The first-order valence-electron chi connectivity index (χ1n) is 9.49. The summed E-state index contributed by atoms with van der Waals surface area (Å²) in [4.78, 5) is 37.1. The maximum Gasteiger partial charge on any atom is 0.406 e. The number of alkyl halides is 3. The number of aryl methyl sites for hydroxylation is 1. The molecule has 0 spiro atoms. The molecule has 0 aromatic carbocycles. The molecule has 3 aliphatic rings. The van der Waals surface area contributed by atoms with Crippen molar-refractivity contribution in [2.24, 2.45) is 0 Å². The van der Waals surface area contributed by atoms with E-state index in [4.69, 9.17) is 0 Å². The summed E-state index contributed by atoms with van der Waals surface area (Å²) in [6.45, 7) is 1.39. The molecule has 4 rings (SSSR count). The van der Waals surface area contributed by atoms with Crippen molar-refractivity contribution in [3.63, 3.8) is 0 Å². The number of carbonyl (C=O) groups is 2. The molecule has 2 saturated heterocycles. The van der Waals surface area contributed by atoms with Gasteiger partial charge in [0.05, 0.1) is 0 Å². The van der Waals surface area contributed by atoms with Crippen molar-refractivity contribution in [3.8, 4) is 0 Å². The van der Waals surface area contributed by atoms with Crippen LogP contribution >= 0.6 is 0 Å². The van der Waals surface area contributed by atoms with Crippen molar-refractivity contribution in [3.05, 3.63) is 17.6 Å². The van der Waals surface area contributed by atoms with Crippen LogP contribution in [-0.2, 0) is 4.79 Å². The quantitative estimate of drug-likeness (QED) is 0.730. The summed E-state index contributed by atoms with van der Waals surface area (Å²) >= 11 is 0. The Bertz CT molecular complexity index is 788. The average molecular weight is 397 g/mol. The Balaban J connectivity index is 1.39. The van der Waals surface area contributed by atoms with Crippen LogP contribution in [0.5, 0.6) is 0 Å². The number of carbonyl (C=O) groups excluding carboxylic acids is 2. The van der Waals surface area contributed by atoms with Gasteiger partial charge in [0.15, 0.2) is 0 Å². The van der Waals surface area contributed by atoms with Crippen LogP contribution in [0.3, 0.4) is 0 Å². The van der Waals surface area contributed by atoms with Crippen LogP contribution in [0.4, 0.5) is 23.8 Å². The first-order chi connectivity index (χ1) is 13.2. The van der Waals surface area contributed by atoms with Gasteiger partial charge in [-0.1, -0.05) is 0 Å². The predicted molar refractivity (Wildman–Crippen MR) is 93.8 cm³/mol. The minimum atomic E-state index is -4.59. The van der Waals surface area contributed by atoms with Crippen molar-refractivity contribution >= 4 is 17.8 Å². The van der Waals surface area contributed by atoms with Crippen LogP contribution in [0.15, 0.2) is 6.07 Å². The number of hydrogen-bond donors (Lipinski definition) is 0. The van der Waals surface area contributed by atoms with Crippen LogP contribution in [0, 0.1) is 6.92 Å². The van der Waals surface area contributed by atoms with E-state index in [0.717, 1.165) is 30.2 Å².